The van der Waals surface area contributed by atoms with Crippen LogP contribution >= 0.6 is 0 Å². The van der Waals surface area contributed by atoms with E-state index in [-0.39, 0.29) is 17.5 Å². The van der Waals surface area contributed by atoms with Crippen molar-refractivity contribution in [1.29, 1.82) is 0 Å². The molecule has 0 bridgehead atoms. The van der Waals surface area contributed by atoms with E-state index in [1.54, 1.807) is 0 Å². The highest BCUT2D eigenvalue weighted by atomic mass is 16.2. The lowest BCUT2D eigenvalue weighted by Crippen LogP contribution is -2.48. The molecular formula is C29H44N2O3. The predicted octanol–water partition coefficient (Wildman–Crippen LogP) is 5.73. The first kappa shape index (κ1) is 28.0. The van der Waals surface area contributed by atoms with Crippen LogP contribution in [0.15, 0.2) is 42.5 Å². The van der Waals surface area contributed by atoms with Gasteiger partial charge in [-0.25, -0.2) is 0 Å². The Bertz CT molecular complexity index is 752. The molecule has 1 aliphatic heterocycles. The molecule has 34 heavy (non-hydrogen) atoms. The fraction of sp³-hybridized carbons (Fsp3) is 0.621. The van der Waals surface area contributed by atoms with Crippen LogP contribution in [-0.4, -0.2) is 53.5 Å². The highest BCUT2D eigenvalue weighted by Gasteiger charge is 2.20. The van der Waals surface area contributed by atoms with Gasteiger partial charge in [-0.05, 0) is 37.0 Å². The molecule has 0 spiro atoms. The maximum absolute atomic E-state index is 12.5. The molecule has 1 aliphatic rings. The molecule has 1 aromatic carbocycles. The monoisotopic (exact) mass is 468 g/mol. The summed E-state index contributed by atoms with van der Waals surface area (Å²) in [6, 6.07) is 10.5. The van der Waals surface area contributed by atoms with Crippen LogP contribution in [0.25, 0.3) is 0 Å². The van der Waals surface area contributed by atoms with E-state index in [1.165, 1.54) is 17.7 Å². The van der Waals surface area contributed by atoms with E-state index in [9.17, 15) is 14.4 Å². The van der Waals surface area contributed by atoms with Gasteiger partial charge in [-0.1, -0.05) is 75.8 Å². The maximum atomic E-state index is 12.5. The van der Waals surface area contributed by atoms with Crippen LogP contribution in [0.2, 0.25) is 0 Å². The van der Waals surface area contributed by atoms with E-state index in [4.69, 9.17) is 0 Å². The van der Waals surface area contributed by atoms with Crippen LogP contribution < -0.4 is 0 Å². The molecule has 1 fully saturated rings. The molecule has 0 atom stereocenters. The zero-order valence-corrected chi connectivity index (χ0v) is 21.2. The van der Waals surface area contributed by atoms with Gasteiger partial charge in [0.05, 0.1) is 0 Å². The van der Waals surface area contributed by atoms with Crippen LogP contribution in [0.4, 0.5) is 0 Å². The minimum absolute atomic E-state index is 0.0449. The zero-order chi connectivity index (χ0) is 24.4. The number of nitrogens with zero attached hydrogens (tertiary/aromatic N) is 2. The Hall–Kier alpha value is -2.27. The highest BCUT2D eigenvalue weighted by molar-refractivity contribution is 5.98. The molecule has 1 amide bonds. The minimum atomic E-state index is 0.0449. The van der Waals surface area contributed by atoms with Gasteiger partial charge in [0.2, 0.25) is 5.91 Å². The number of piperazine rings is 1. The summed E-state index contributed by atoms with van der Waals surface area (Å²) >= 11 is 0. The molecule has 0 unspecified atom stereocenters. The van der Waals surface area contributed by atoms with Gasteiger partial charge >= 0.3 is 0 Å². The van der Waals surface area contributed by atoms with Crippen molar-refractivity contribution in [1.82, 2.24) is 9.80 Å². The average molecular weight is 469 g/mol. The summed E-state index contributed by atoms with van der Waals surface area (Å²) in [6.45, 7) is 6.62. The molecule has 1 heterocycles. The molecule has 5 heteroatoms. The van der Waals surface area contributed by atoms with E-state index in [0.717, 1.165) is 90.5 Å². The molecule has 188 valence electrons. The average Bonchev–Trinajstić information content (AvgIpc) is 2.85. The van der Waals surface area contributed by atoms with Crippen LogP contribution in [0.5, 0.6) is 0 Å². The Balaban J connectivity index is 1.45. The first-order valence-corrected chi connectivity index (χ1v) is 13.4. The van der Waals surface area contributed by atoms with Gasteiger partial charge in [0, 0.05) is 52.0 Å². The van der Waals surface area contributed by atoms with Gasteiger partial charge in [-0.3, -0.25) is 19.3 Å². The number of allylic oxidation sites excluding steroid dienone is 2. The summed E-state index contributed by atoms with van der Waals surface area (Å²) < 4.78 is 0. The molecule has 0 aromatic heterocycles. The van der Waals surface area contributed by atoms with Crippen molar-refractivity contribution in [2.24, 2.45) is 0 Å². The van der Waals surface area contributed by atoms with Crippen molar-refractivity contribution < 1.29 is 14.4 Å². The van der Waals surface area contributed by atoms with E-state index < -0.39 is 0 Å². The molecular weight excluding hydrogens is 424 g/mol. The number of ketones is 2. The van der Waals surface area contributed by atoms with Gasteiger partial charge in [0.15, 0.2) is 11.6 Å². The third kappa shape index (κ3) is 12.3. The third-order valence-electron chi connectivity index (χ3n) is 6.52. The molecule has 5 nitrogen and oxygen atoms in total. The Kier molecular flexibility index (Phi) is 14.2. The van der Waals surface area contributed by atoms with E-state index in [2.05, 4.69) is 36.1 Å². The summed E-state index contributed by atoms with van der Waals surface area (Å²) in [7, 11) is 0. The van der Waals surface area contributed by atoms with Crippen molar-refractivity contribution >= 4 is 17.5 Å². The van der Waals surface area contributed by atoms with E-state index >= 15 is 0 Å². The second-order valence-corrected chi connectivity index (χ2v) is 9.49. The number of unbranched alkanes of at least 4 members (excludes halogenated alkanes) is 7. The lowest BCUT2D eigenvalue weighted by Gasteiger charge is -2.34. The van der Waals surface area contributed by atoms with Crippen molar-refractivity contribution in [3.05, 3.63) is 48.0 Å². The number of carbonyl (C=O) groups is 3. The summed E-state index contributed by atoms with van der Waals surface area (Å²) in [6.07, 6.45) is 13.8. The standard InChI is InChI=1S/C29H44N2O3/c1-2-3-4-11-16-27(32)19-20-28(33)17-12-6-5-7-13-18-29(34)31-23-21-30(22-24-31)25-26-14-9-8-10-15-26/h8-10,14-15,19-20H,2-7,11-13,16-18,21-25H2,1H3. The fourth-order valence-corrected chi connectivity index (χ4v) is 4.34. The molecule has 0 N–H and O–H groups in total. The third-order valence-corrected chi connectivity index (χ3v) is 6.52. The van der Waals surface area contributed by atoms with Crippen LogP contribution in [0, 0.1) is 0 Å². The van der Waals surface area contributed by atoms with Gasteiger partial charge in [-0.2, -0.15) is 0 Å². The zero-order valence-electron chi connectivity index (χ0n) is 21.2. The van der Waals surface area contributed by atoms with E-state index in [1.807, 2.05) is 11.0 Å². The SMILES string of the molecule is CCCCCCC(=O)C=CC(=O)CCCCCCCC(=O)N1CCN(Cc2ccccc2)CC1. The van der Waals surface area contributed by atoms with Gasteiger partial charge < -0.3 is 4.90 Å². The van der Waals surface area contributed by atoms with Crippen molar-refractivity contribution in [3.63, 3.8) is 0 Å². The summed E-state index contributed by atoms with van der Waals surface area (Å²) in [4.78, 5) is 40.6. The van der Waals surface area contributed by atoms with Crippen LogP contribution in [-0.2, 0) is 20.9 Å². The molecule has 1 saturated heterocycles. The first-order valence-electron chi connectivity index (χ1n) is 13.4. The van der Waals surface area contributed by atoms with Crippen molar-refractivity contribution in [3.8, 4) is 0 Å². The van der Waals surface area contributed by atoms with E-state index in [0.29, 0.717) is 19.3 Å². The Morgan fingerprint density at radius 3 is 1.82 bits per heavy atom. The number of benzene rings is 1. The highest BCUT2D eigenvalue weighted by Crippen LogP contribution is 2.12. The smallest absolute Gasteiger partial charge is 0.222 e. The lowest BCUT2D eigenvalue weighted by molar-refractivity contribution is -0.133. The molecule has 1 aromatic rings. The number of carbonyl (C=O) groups excluding carboxylic acids is 3. The Morgan fingerprint density at radius 2 is 1.24 bits per heavy atom. The predicted molar refractivity (Wildman–Crippen MR) is 139 cm³/mol. The summed E-state index contributed by atoms with van der Waals surface area (Å²) in [5, 5.41) is 0. The Morgan fingerprint density at radius 1 is 0.706 bits per heavy atom. The number of rotatable bonds is 17. The number of hydrogen-bond donors (Lipinski definition) is 0. The fourth-order valence-electron chi connectivity index (χ4n) is 4.34. The molecule has 0 saturated carbocycles. The normalized spacial score (nSPS) is 14.6. The Labute approximate surface area is 206 Å². The topological polar surface area (TPSA) is 57.7 Å². The van der Waals surface area contributed by atoms with Crippen LogP contribution in [0.3, 0.4) is 0 Å². The van der Waals surface area contributed by atoms with Gasteiger partial charge in [-0.15, -0.1) is 0 Å². The molecule has 0 radical (unpaired) electrons. The number of amides is 1. The molecule has 2 rings (SSSR count). The minimum Gasteiger partial charge on any atom is -0.340 e. The van der Waals surface area contributed by atoms with Crippen molar-refractivity contribution in [2.75, 3.05) is 26.2 Å². The van der Waals surface area contributed by atoms with Crippen molar-refractivity contribution in [2.45, 2.75) is 90.5 Å². The second kappa shape index (κ2) is 17.2. The largest absolute Gasteiger partial charge is 0.340 e. The quantitative estimate of drug-likeness (QED) is 0.216. The second-order valence-electron chi connectivity index (χ2n) is 9.49. The van der Waals surface area contributed by atoms with Gasteiger partial charge in [0.25, 0.3) is 0 Å². The summed E-state index contributed by atoms with van der Waals surface area (Å²) in [5.74, 6) is 0.384. The van der Waals surface area contributed by atoms with Crippen LogP contribution in [0.1, 0.15) is 89.5 Å². The number of hydrogen-bond acceptors (Lipinski definition) is 4. The lowest BCUT2D eigenvalue weighted by atomic mass is 10.1. The molecule has 0 aliphatic carbocycles. The maximum Gasteiger partial charge on any atom is 0.222 e. The van der Waals surface area contributed by atoms with Gasteiger partial charge in [0.1, 0.15) is 0 Å². The first-order chi connectivity index (χ1) is 16.6. The summed E-state index contributed by atoms with van der Waals surface area (Å²) in [5.41, 5.74) is 1.33.